The Morgan fingerprint density at radius 2 is 1.88 bits per heavy atom. The lowest BCUT2D eigenvalue weighted by atomic mass is 9.93. The van der Waals surface area contributed by atoms with Gasteiger partial charge < -0.3 is 14.4 Å². The van der Waals surface area contributed by atoms with Gasteiger partial charge in [-0.3, -0.25) is 9.59 Å². The molecule has 2 rings (SSSR count). The van der Waals surface area contributed by atoms with E-state index >= 15 is 0 Å². The molecule has 1 fully saturated rings. The average Bonchev–Trinajstić information content (AvgIpc) is 2.66. The molecule has 5 nitrogen and oxygen atoms in total. The molecule has 1 amide bonds. The summed E-state index contributed by atoms with van der Waals surface area (Å²) in [5.74, 6) is 0.0529. The fourth-order valence-electron chi connectivity index (χ4n) is 3.52. The van der Waals surface area contributed by atoms with Crippen molar-refractivity contribution in [1.29, 1.82) is 0 Å². The number of carbonyl (C=O) groups excluding carboxylic acids is 2. The third-order valence-electron chi connectivity index (χ3n) is 5.32. The summed E-state index contributed by atoms with van der Waals surface area (Å²) in [6.07, 6.45) is 5.44. The van der Waals surface area contributed by atoms with E-state index in [-0.39, 0.29) is 30.4 Å². The monoisotopic (exact) mass is 361 g/mol. The van der Waals surface area contributed by atoms with Gasteiger partial charge in [0.1, 0.15) is 5.75 Å². The fourth-order valence-corrected chi connectivity index (χ4v) is 3.52. The molecule has 0 N–H and O–H groups in total. The van der Waals surface area contributed by atoms with Crippen molar-refractivity contribution < 1.29 is 19.1 Å². The molecule has 0 aromatic heterocycles. The fraction of sp³-hybridized carbons (Fsp3) is 0.619. The minimum atomic E-state index is -0.341. The summed E-state index contributed by atoms with van der Waals surface area (Å²) in [6, 6.07) is 6.03. The zero-order valence-electron chi connectivity index (χ0n) is 16.4. The van der Waals surface area contributed by atoms with E-state index < -0.39 is 0 Å². The molecule has 1 aliphatic carbocycles. The highest BCUT2D eigenvalue weighted by molar-refractivity contribution is 5.79. The Morgan fingerprint density at radius 1 is 1.19 bits per heavy atom. The van der Waals surface area contributed by atoms with E-state index in [9.17, 15) is 9.59 Å². The predicted molar refractivity (Wildman–Crippen MR) is 101 cm³/mol. The number of nitrogens with zero attached hydrogens (tertiary/aromatic N) is 1. The van der Waals surface area contributed by atoms with Crippen LogP contribution in [-0.4, -0.2) is 43.1 Å². The molecule has 144 valence electrons. The maximum atomic E-state index is 12.9. The van der Waals surface area contributed by atoms with Crippen LogP contribution in [0.15, 0.2) is 18.2 Å². The van der Waals surface area contributed by atoms with Crippen LogP contribution in [0.3, 0.4) is 0 Å². The van der Waals surface area contributed by atoms with Crippen molar-refractivity contribution in [2.24, 2.45) is 5.92 Å². The zero-order valence-corrected chi connectivity index (χ0v) is 16.4. The van der Waals surface area contributed by atoms with E-state index in [0.717, 1.165) is 42.6 Å². The van der Waals surface area contributed by atoms with Gasteiger partial charge in [0.15, 0.2) is 6.61 Å². The summed E-state index contributed by atoms with van der Waals surface area (Å²) in [4.78, 5) is 26.6. The normalized spacial score (nSPS) is 16.0. The summed E-state index contributed by atoms with van der Waals surface area (Å²) in [7, 11) is 1.38. The van der Waals surface area contributed by atoms with Crippen LogP contribution >= 0.6 is 0 Å². The molecule has 26 heavy (non-hydrogen) atoms. The summed E-state index contributed by atoms with van der Waals surface area (Å²) in [6.45, 7) is 6.20. The van der Waals surface area contributed by atoms with E-state index in [0.29, 0.717) is 6.54 Å². The number of hydrogen-bond acceptors (Lipinski definition) is 4. The molecular weight excluding hydrogens is 330 g/mol. The van der Waals surface area contributed by atoms with E-state index in [1.165, 1.54) is 13.5 Å². The number of aryl methyl sites for hydroxylation is 1. The van der Waals surface area contributed by atoms with Crippen molar-refractivity contribution in [3.8, 4) is 5.75 Å². The topological polar surface area (TPSA) is 55.8 Å². The molecule has 0 heterocycles. The standard InChI is InChI=1S/C21H31NO4/c1-15-9-8-12-19(17(15)3)26-14-20(23)22(13-16(2)21(24)25-4)18-10-6-5-7-11-18/h8-9,12,16,18H,5-7,10-11,13-14H2,1-4H3. The summed E-state index contributed by atoms with van der Waals surface area (Å²) < 4.78 is 10.6. The average molecular weight is 361 g/mol. The second-order valence-corrected chi connectivity index (χ2v) is 7.25. The van der Waals surface area contributed by atoms with E-state index in [1.54, 1.807) is 6.92 Å². The Balaban J connectivity index is 2.06. The maximum absolute atomic E-state index is 12.9. The summed E-state index contributed by atoms with van der Waals surface area (Å²) in [5.41, 5.74) is 2.19. The van der Waals surface area contributed by atoms with E-state index in [2.05, 4.69) is 0 Å². The quantitative estimate of drug-likeness (QED) is 0.696. The number of rotatable bonds is 7. The lowest BCUT2D eigenvalue weighted by Gasteiger charge is -2.35. The molecular formula is C21H31NO4. The molecule has 0 aliphatic heterocycles. The van der Waals surface area contributed by atoms with Crippen molar-refractivity contribution >= 4 is 11.9 Å². The highest BCUT2D eigenvalue weighted by Gasteiger charge is 2.29. The first-order valence-electron chi connectivity index (χ1n) is 9.50. The lowest BCUT2D eigenvalue weighted by Crippen LogP contribution is -2.47. The first-order valence-corrected chi connectivity index (χ1v) is 9.50. The van der Waals surface area contributed by atoms with Crippen LogP contribution in [0.25, 0.3) is 0 Å². The molecule has 1 aliphatic rings. The van der Waals surface area contributed by atoms with Gasteiger partial charge in [-0.15, -0.1) is 0 Å². The van der Waals surface area contributed by atoms with Crippen LogP contribution in [0.2, 0.25) is 0 Å². The molecule has 0 bridgehead atoms. The number of benzene rings is 1. The number of amides is 1. The molecule has 1 saturated carbocycles. The second kappa shape index (κ2) is 9.60. The van der Waals surface area contributed by atoms with Crippen molar-refractivity contribution in [3.63, 3.8) is 0 Å². The predicted octanol–water partition coefficient (Wildman–Crippen LogP) is 3.65. The third kappa shape index (κ3) is 5.23. The minimum Gasteiger partial charge on any atom is -0.483 e. The molecule has 0 saturated heterocycles. The first kappa shape index (κ1) is 20.3. The Hall–Kier alpha value is -2.04. The van der Waals surface area contributed by atoms with Gasteiger partial charge in [-0.05, 0) is 43.9 Å². The largest absolute Gasteiger partial charge is 0.483 e. The number of methoxy groups -OCH3 is 1. The van der Waals surface area contributed by atoms with Gasteiger partial charge in [0.05, 0.1) is 13.0 Å². The second-order valence-electron chi connectivity index (χ2n) is 7.25. The van der Waals surface area contributed by atoms with Gasteiger partial charge in [-0.1, -0.05) is 38.3 Å². The third-order valence-corrected chi connectivity index (χ3v) is 5.32. The maximum Gasteiger partial charge on any atom is 0.310 e. The van der Waals surface area contributed by atoms with Crippen molar-refractivity contribution in [1.82, 2.24) is 4.90 Å². The van der Waals surface area contributed by atoms with Gasteiger partial charge in [-0.25, -0.2) is 0 Å². The van der Waals surface area contributed by atoms with Crippen LogP contribution in [0.4, 0.5) is 0 Å². The van der Waals surface area contributed by atoms with Crippen molar-refractivity contribution in [2.75, 3.05) is 20.3 Å². The lowest BCUT2D eigenvalue weighted by molar-refractivity contribution is -0.147. The SMILES string of the molecule is COC(=O)C(C)CN(C(=O)COc1cccc(C)c1C)C1CCCCC1. The highest BCUT2D eigenvalue weighted by Crippen LogP contribution is 2.25. The Bertz CT molecular complexity index is 622. The first-order chi connectivity index (χ1) is 12.4. The van der Waals surface area contributed by atoms with Crippen LogP contribution in [0, 0.1) is 19.8 Å². The Morgan fingerprint density at radius 3 is 2.54 bits per heavy atom. The number of ether oxygens (including phenoxy) is 2. The van der Waals surface area contributed by atoms with Crippen LogP contribution in [-0.2, 0) is 14.3 Å². The summed E-state index contributed by atoms with van der Waals surface area (Å²) in [5, 5.41) is 0. The van der Waals surface area contributed by atoms with Crippen LogP contribution < -0.4 is 4.74 Å². The van der Waals surface area contributed by atoms with E-state index in [1.807, 2.05) is 36.9 Å². The number of hydrogen-bond donors (Lipinski definition) is 0. The molecule has 1 atom stereocenters. The highest BCUT2D eigenvalue weighted by atomic mass is 16.5. The van der Waals surface area contributed by atoms with Gasteiger partial charge in [-0.2, -0.15) is 0 Å². The van der Waals surface area contributed by atoms with Crippen molar-refractivity contribution in [2.45, 2.75) is 58.9 Å². The van der Waals surface area contributed by atoms with Gasteiger partial charge >= 0.3 is 5.97 Å². The van der Waals surface area contributed by atoms with Gasteiger partial charge in [0.25, 0.3) is 5.91 Å². The molecule has 0 radical (unpaired) electrons. The molecule has 5 heteroatoms. The number of carbonyl (C=O) groups is 2. The van der Waals surface area contributed by atoms with Crippen LogP contribution in [0.5, 0.6) is 5.75 Å². The molecule has 1 aromatic carbocycles. The van der Waals surface area contributed by atoms with E-state index in [4.69, 9.17) is 9.47 Å². The summed E-state index contributed by atoms with van der Waals surface area (Å²) >= 11 is 0. The molecule has 1 unspecified atom stereocenters. The molecule has 0 spiro atoms. The Kier molecular flexibility index (Phi) is 7.49. The number of esters is 1. The minimum absolute atomic E-state index is 0.00527. The smallest absolute Gasteiger partial charge is 0.310 e. The zero-order chi connectivity index (χ0) is 19.1. The Labute approximate surface area is 156 Å². The van der Waals surface area contributed by atoms with Gasteiger partial charge in [0.2, 0.25) is 0 Å². The van der Waals surface area contributed by atoms with Crippen molar-refractivity contribution in [3.05, 3.63) is 29.3 Å². The van der Waals surface area contributed by atoms with Gasteiger partial charge in [0, 0.05) is 12.6 Å². The molecule has 1 aromatic rings. The van der Waals surface area contributed by atoms with Crippen LogP contribution in [0.1, 0.15) is 50.2 Å².